The van der Waals surface area contributed by atoms with Gasteiger partial charge in [0.2, 0.25) is 0 Å². The zero-order valence-electron chi connectivity index (χ0n) is 10.1. The molecule has 5 nitrogen and oxygen atoms in total. The second-order valence-corrected chi connectivity index (χ2v) is 6.39. The second kappa shape index (κ2) is 4.28. The molecule has 0 spiro atoms. The van der Waals surface area contributed by atoms with E-state index in [1.165, 1.54) is 20.1 Å². The van der Waals surface area contributed by atoms with Crippen molar-refractivity contribution < 1.29 is 23.1 Å². The molecule has 1 aliphatic rings. The number of sulfone groups is 1. The number of ether oxygens (including phenoxy) is 1. The van der Waals surface area contributed by atoms with Crippen LogP contribution in [0.5, 0.6) is 5.75 Å². The van der Waals surface area contributed by atoms with Crippen molar-refractivity contribution in [2.24, 2.45) is 5.92 Å². The molecule has 2 unspecified atom stereocenters. The third kappa shape index (κ3) is 1.86. The summed E-state index contributed by atoms with van der Waals surface area (Å²) in [6.07, 6.45) is 0. The third-order valence-electron chi connectivity index (χ3n) is 3.34. The van der Waals surface area contributed by atoms with Crippen LogP contribution in [0.3, 0.4) is 0 Å². The van der Waals surface area contributed by atoms with Gasteiger partial charge in [-0.05, 0) is 12.1 Å². The summed E-state index contributed by atoms with van der Waals surface area (Å²) in [4.78, 5) is 11.3. The highest BCUT2D eigenvalue weighted by atomic mass is 32.2. The fourth-order valence-electron chi connectivity index (χ4n) is 2.31. The lowest BCUT2D eigenvalue weighted by Gasteiger charge is -2.17. The van der Waals surface area contributed by atoms with Crippen LogP contribution in [0.15, 0.2) is 23.1 Å². The maximum atomic E-state index is 12.0. The first-order valence-electron chi connectivity index (χ1n) is 5.51. The zero-order chi connectivity index (χ0) is 13.5. The minimum atomic E-state index is -3.41. The topological polar surface area (TPSA) is 80.7 Å². The van der Waals surface area contributed by atoms with Crippen molar-refractivity contribution in [2.75, 3.05) is 12.9 Å². The van der Waals surface area contributed by atoms with Gasteiger partial charge in [-0.25, -0.2) is 8.42 Å². The maximum Gasteiger partial charge on any atom is 0.306 e. The molecule has 98 valence electrons. The van der Waals surface area contributed by atoms with Crippen LogP contribution >= 0.6 is 0 Å². The van der Waals surface area contributed by atoms with Crippen LogP contribution in [0.4, 0.5) is 0 Å². The van der Waals surface area contributed by atoms with E-state index in [-0.39, 0.29) is 10.6 Å². The molecule has 0 saturated carbocycles. The minimum Gasteiger partial charge on any atom is -0.496 e. The summed E-state index contributed by atoms with van der Waals surface area (Å²) >= 11 is 0. The summed E-state index contributed by atoms with van der Waals surface area (Å²) in [6, 6.07) is 4.76. The van der Waals surface area contributed by atoms with Crippen LogP contribution in [0.25, 0.3) is 0 Å². The lowest BCUT2D eigenvalue weighted by atomic mass is 9.88. The van der Waals surface area contributed by atoms with Gasteiger partial charge >= 0.3 is 5.97 Å². The summed E-state index contributed by atoms with van der Waals surface area (Å²) in [6.45, 7) is 1.52. The molecule has 18 heavy (non-hydrogen) atoms. The summed E-state index contributed by atoms with van der Waals surface area (Å²) in [7, 11) is -1.96. The molecule has 0 fully saturated rings. The highest BCUT2D eigenvalue weighted by Crippen LogP contribution is 2.44. The predicted molar refractivity (Wildman–Crippen MR) is 64.6 cm³/mol. The highest BCUT2D eigenvalue weighted by Gasteiger charge is 2.41. The van der Waals surface area contributed by atoms with E-state index in [2.05, 4.69) is 0 Å². The number of aliphatic carboxylic acids is 1. The predicted octanol–water partition coefficient (Wildman–Crippen LogP) is 1.29. The summed E-state index contributed by atoms with van der Waals surface area (Å²) in [5, 5.41) is 9.07. The van der Waals surface area contributed by atoms with Crippen LogP contribution in [0, 0.1) is 5.92 Å². The second-order valence-electron chi connectivity index (χ2n) is 4.39. The van der Waals surface area contributed by atoms with Crippen molar-refractivity contribution in [3.63, 3.8) is 0 Å². The Morgan fingerprint density at radius 2 is 2.17 bits per heavy atom. The number of rotatable bonds is 3. The van der Waals surface area contributed by atoms with Crippen molar-refractivity contribution >= 4 is 15.8 Å². The molecule has 0 aliphatic carbocycles. The number of benzene rings is 1. The summed E-state index contributed by atoms with van der Waals surface area (Å²) < 4.78 is 29.2. The largest absolute Gasteiger partial charge is 0.496 e. The Balaban J connectivity index is 2.63. The molecular weight excluding hydrogens is 256 g/mol. The Hall–Kier alpha value is -1.56. The maximum absolute atomic E-state index is 12.0. The Bertz CT molecular complexity index is 590. The molecule has 1 N–H and O–H groups in total. The van der Waals surface area contributed by atoms with Gasteiger partial charge in [0.15, 0.2) is 9.84 Å². The molecule has 0 aromatic heterocycles. The molecular formula is C12H14O5S. The quantitative estimate of drug-likeness (QED) is 0.895. The molecule has 2 atom stereocenters. The number of carbonyl (C=O) groups is 1. The fourth-order valence-corrected chi connectivity index (χ4v) is 4.30. The number of carboxylic acids is 1. The van der Waals surface area contributed by atoms with Crippen LogP contribution < -0.4 is 4.74 Å². The Kier molecular flexibility index (Phi) is 3.06. The highest BCUT2D eigenvalue weighted by molar-refractivity contribution is 7.91. The monoisotopic (exact) mass is 270 g/mol. The SMILES string of the molecule is COc1cccc2c1C(C(C)C(=O)O)CS2(=O)=O. The van der Waals surface area contributed by atoms with Gasteiger partial charge in [0.05, 0.1) is 23.7 Å². The number of hydrogen-bond acceptors (Lipinski definition) is 4. The van der Waals surface area contributed by atoms with Gasteiger partial charge in [0, 0.05) is 11.5 Å². The molecule has 6 heteroatoms. The van der Waals surface area contributed by atoms with E-state index in [0.717, 1.165) is 0 Å². The Labute approximate surface area is 105 Å². The molecule has 0 bridgehead atoms. The van der Waals surface area contributed by atoms with Gasteiger partial charge in [-0.1, -0.05) is 13.0 Å². The molecule has 1 aliphatic heterocycles. The number of methoxy groups -OCH3 is 1. The minimum absolute atomic E-state index is 0.170. The van der Waals surface area contributed by atoms with Gasteiger partial charge in [0.1, 0.15) is 5.75 Å². The number of carboxylic acid groups (broad SMARTS) is 1. The van der Waals surface area contributed by atoms with Crippen LogP contribution in [0.2, 0.25) is 0 Å². The van der Waals surface area contributed by atoms with E-state index in [9.17, 15) is 13.2 Å². The average molecular weight is 270 g/mol. The van der Waals surface area contributed by atoms with Crippen LogP contribution in [-0.4, -0.2) is 32.4 Å². The lowest BCUT2D eigenvalue weighted by Crippen LogP contribution is -2.20. The molecule has 0 saturated heterocycles. The first kappa shape index (κ1) is 12.9. The Morgan fingerprint density at radius 1 is 1.50 bits per heavy atom. The van der Waals surface area contributed by atoms with Crippen molar-refractivity contribution in [2.45, 2.75) is 17.7 Å². The van der Waals surface area contributed by atoms with Gasteiger partial charge in [0.25, 0.3) is 0 Å². The smallest absolute Gasteiger partial charge is 0.306 e. The van der Waals surface area contributed by atoms with Crippen molar-refractivity contribution in [3.05, 3.63) is 23.8 Å². The molecule has 1 aromatic carbocycles. The molecule has 2 rings (SSSR count). The standard InChI is InChI=1S/C12H14O5S/c1-7(12(13)14)8-6-18(15,16)10-5-3-4-9(17-2)11(8)10/h3-5,7-8H,6H2,1-2H3,(H,13,14). The molecule has 0 amide bonds. The first-order valence-corrected chi connectivity index (χ1v) is 7.16. The van der Waals surface area contributed by atoms with Crippen LogP contribution in [-0.2, 0) is 14.6 Å². The normalized spacial score (nSPS) is 22.2. The van der Waals surface area contributed by atoms with E-state index in [0.29, 0.717) is 11.3 Å². The number of hydrogen-bond donors (Lipinski definition) is 1. The van der Waals surface area contributed by atoms with Crippen LogP contribution in [0.1, 0.15) is 18.4 Å². The van der Waals surface area contributed by atoms with E-state index in [1.807, 2.05) is 0 Å². The molecule has 1 heterocycles. The summed E-state index contributed by atoms with van der Waals surface area (Å²) in [5.74, 6) is -2.06. The van der Waals surface area contributed by atoms with Crippen molar-refractivity contribution in [3.8, 4) is 5.75 Å². The lowest BCUT2D eigenvalue weighted by molar-refractivity contribution is -0.141. The average Bonchev–Trinajstić information content (AvgIpc) is 2.60. The van der Waals surface area contributed by atoms with Gasteiger partial charge in [-0.3, -0.25) is 4.79 Å². The van der Waals surface area contributed by atoms with E-state index >= 15 is 0 Å². The van der Waals surface area contributed by atoms with Crippen molar-refractivity contribution in [1.82, 2.24) is 0 Å². The first-order chi connectivity index (χ1) is 8.38. The van der Waals surface area contributed by atoms with E-state index in [1.54, 1.807) is 12.1 Å². The number of fused-ring (bicyclic) bond motifs is 1. The van der Waals surface area contributed by atoms with Crippen molar-refractivity contribution in [1.29, 1.82) is 0 Å². The van der Waals surface area contributed by atoms with Gasteiger partial charge < -0.3 is 9.84 Å². The molecule has 1 aromatic rings. The molecule has 0 radical (unpaired) electrons. The van der Waals surface area contributed by atoms with Gasteiger partial charge in [-0.2, -0.15) is 0 Å². The third-order valence-corrected chi connectivity index (χ3v) is 5.17. The zero-order valence-corrected chi connectivity index (χ0v) is 10.9. The Morgan fingerprint density at radius 3 is 2.72 bits per heavy atom. The fraction of sp³-hybridized carbons (Fsp3) is 0.417. The van der Waals surface area contributed by atoms with E-state index < -0.39 is 27.6 Å². The van der Waals surface area contributed by atoms with Gasteiger partial charge in [-0.15, -0.1) is 0 Å². The summed E-state index contributed by atoms with van der Waals surface area (Å²) in [5.41, 5.74) is 0.495. The van der Waals surface area contributed by atoms with E-state index in [4.69, 9.17) is 9.84 Å².